The topological polar surface area (TPSA) is 49.3 Å². The molecule has 1 heterocycles. The predicted octanol–water partition coefficient (Wildman–Crippen LogP) is 1.86. The maximum absolute atomic E-state index is 10.7. The standard InChI is InChI=1S/C14H19NO2/c16-14(17)10-13-3-1-2-12(9-13)8-11-4-6-15-7-5-11/h1-3,9,11,15H,4-8,10H2,(H,16,17). The Morgan fingerprint density at radius 2 is 2.00 bits per heavy atom. The van der Waals surface area contributed by atoms with E-state index in [2.05, 4.69) is 11.4 Å². The summed E-state index contributed by atoms with van der Waals surface area (Å²) in [6, 6.07) is 8.00. The molecular weight excluding hydrogens is 214 g/mol. The molecule has 17 heavy (non-hydrogen) atoms. The van der Waals surface area contributed by atoms with Crippen molar-refractivity contribution in [2.45, 2.75) is 25.7 Å². The molecular formula is C14H19NO2. The fourth-order valence-corrected chi connectivity index (χ4v) is 2.46. The van der Waals surface area contributed by atoms with E-state index in [4.69, 9.17) is 5.11 Å². The third-order valence-corrected chi connectivity index (χ3v) is 3.33. The molecule has 2 rings (SSSR count). The van der Waals surface area contributed by atoms with Gasteiger partial charge in [0.2, 0.25) is 0 Å². The number of hydrogen-bond donors (Lipinski definition) is 2. The summed E-state index contributed by atoms with van der Waals surface area (Å²) in [5, 5.41) is 12.1. The third-order valence-electron chi connectivity index (χ3n) is 3.33. The summed E-state index contributed by atoms with van der Waals surface area (Å²) in [4.78, 5) is 10.7. The SMILES string of the molecule is O=C(O)Cc1cccc(CC2CCNCC2)c1. The Kier molecular flexibility index (Phi) is 4.15. The molecule has 1 aliphatic rings. The van der Waals surface area contributed by atoms with Crippen molar-refractivity contribution in [1.29, 1.82) is 0 Å². The largest absolute Gasteiger partial charge is 0.481 e. The van der Waals surface area contributed by atoms with E-state index in [-0.39, 0.29) is 6.42 Å². The highest BCUT2D eigenvalue weighted by molar-refractivity contribution is 5.70. The molecule has 0 radical (unpaired) electrons. The monoisotopic (exact) mass is 233 g/mol. The number of benzene rings is 1. The Balaban J connectivity index is 1.97. The van der Waals surface area contributed by atoms with Crippen LogP contribution >= 0.6 is 0 Å². The van der Waals surface area contributed by atoms with Crippen molar-refractivity contribution >= 4 is 5.97 Å². The highest BCUT2D eigenvalue weighted by atomic mass is 16.4. The molecule has 1 aromatic rings. The molecule has 3 nitrogen and oxygen atoms in total. The molecule has 2 N–H and O–H groups in total. The molecule has 0 spiro atoms. The van der Waals surface area contributed by atoms with E-state index in [1.165, 1.54) is 18.4 Å². The van der Waals surface area contributed by atoms with Crippen molar-refractivity contribution < 1.29 is 9.90 Å². The van der Waals surface area contributed by atoms with Gasteiger partial charge in [-0.05, 0) is 49.4 Å². The average molecular weight is 233 g/mol. The zero-order chi connectivity index (χ0) is 12.1. The van der Waals surface area contributed by atoms with Crippen LogP contribution in [0.2, 0.25) is 0 Å². The summed E-state index contributed by atoms with van der Waals surface area (Å²) in [5.74, 6) is -0.0136. The van der Waals surface area contributed by atoms with Gasteiger partial charge in [0.25, 0.3) is 0 Å². The van der Waals surface area contributed by atoms with Gasteiger partial charge in [0.1, 0.15) is 0 Å². The summed E-state index contributed by atoms with van der Waals surface area (Å²) in [6.45, 7) is 2.22. The fraction of sp³-hybridized carbons (Fsp3) is 0.500. The molecule has 0 unspecified atom stereocenters. The molecule has 0 aromatic heterocycles. The lowest BCUT2D eigenvalue weighted by atomic mass is 9.90. The van der Waals surface area contributed by atoms with Crippen LogP contribution in [0.25, 0.3) is 0 Å². The van der Waals surface area contributed by atoms with Gasteiger partial charge in [-0.1, -0.05) is 24.3 Å². The Hall–Kier alpha value is -1.35. The molecule has 1 aromatic carbocycles. The summed E-state index contributed by atoms with van der Waals surface area (Å²) in [6.07, 6.45) is 3.65. The van der Waals surface area contributed by atoms with Crippen LogP contribution in [0, 0.1) is 5.92 Å². The Morgan fingerprint density at radius 3 is 2.71 bits per heavy atom. The molecule has 92 valence electrons. The van der Waals surface area contributed by atoms with Gasteiger partial charge in [-0.3, -0.25) is 4.79 Å². The second-order valence-corrected chi connectivity index (χ2v) is 4.79. The maximum atomic E-state index is 10.7. The minimum absolute atomic E-state index is 0.125. The zero-order valence-electron chi connectivity index (χ0n) is 9.98. The summed E-state index contributed by atoms with van der Waals surface area (Å²) < 4.78 is 0. The number of piperidine rings is 1. The van der Waals surface area contributed by atoms with E-state index in [1.807, 2.05) is 18.2 Å². The number of hydrogen-bond acceptors (Lipinski definition) is 2. The molecule has 1 saturated heterocycles. The fourth-order valence-electron chi connectivity index (χ4n) is 2.46. The first-order valence-corrected chi connectivity index (χ1v) is 6.24. The second-order valence-electron chi connectivity index (χ2n) is 4.79. The number of nitrogens with one attached hydrogen (secondary N) is 1. The number of carboxylic acids is 1. The Morgan fingerprint density at radius 1 is 1.29 bits per heavy atom. The van der Waals surface area contributed by atoms with Crippen LogP contribution < -0.4 is 5.32 Å². The minimum Gasteiger partial charge on any atom is -0.481 e. The van der Waals surface area contributed by atoms with Gasteiger partial charge in [0, 0.05) is 0 Å². The van der Waals surface area contributed by atoms with E-state index >= 15 is 0 Å². The lowest BCUT2D eigenvalue weighted by Crippen LogP contribution is -2.28. The van der Waals surface area contributed by atoms with Crippen molar-refractivity contribution in [3.05, 3.63) is 35.4 Å². The van der Waals surface area contributed by atoms with Crippen LogP contribution in [0.3, 0.4) is 0 Å². The molecule has 0 aliphatic carbocycles. The lowest BCUT2D eigenvalue weighted by Gasteiger charge is -2.22. The smallest absolute Gasteiger partial charge is 0.307 e. The minimum atomic E-state index is -0.760. The summed E-state index contributed by atoms with van der Waals surface area (Å²) >= 11 is 0. The molecule has 1 aliphatic heterocycles. The lowest BCUT2D eigenvalue weighted by molar-refractivity contribution is -0.136. The van der Waals surface area contributed by atoms with Gasteiger partial charge >= 0.3 is 5.97 Å². The molecule has 0 bridgehead atoms. The molecule has 1 fully saturated rings. The molecule has 0 saturated carbocycles. The zero-order valence-corrected chi connectivity index (χ0v) is 9.98. The van der Waals surface area contributed by atoms with Crippen LogP contribution in [0.15, 0.2) is 24.3 Å². The predicted molar refractivity (Wildman–Crippen MR) is 67.1 cm³/mol. The first kappa shape index (κ1) is 12.1. The number of rotatable bonds is 4. The quantitative estimate of drug-likeness (QED) is 0.834. The number of carbonyl (C=O) groups is 1. The van der Waals surface area contributed by atoms with Crippen LogP contribution in [0.5, 0.6) is 0 Å². The van der Waals surface area contributed by atoms with E-state index in [0.717, 1.165) is 31.0 Å². The summed E-state index contributed by atoms with van der Waals surface area (Å²) in [5.41, 5.74) is 2.18. The summed E-state index contributed by atoms with van der Waals surface area (Å²) in [7, 11) is 0. The van der Waals surface area contributed by atoms with E-state index < -0.39 is 5.97 Å². The first-order valence-electron chi connectivity index (χ1n) is 6.24. The van der Waals surface area contributed by atoms with Gasteiger partial charge in [0.15, 0.2) is 0 Å². The van der Waals surface area contributed by atoms with Crippen LogP contribution in [0.1, 0.15) is 24.0 Å². The first-order chi connectivity index (χ1) is 8.24. The average Bonchev–Trinajstić information content (AvgIpc) is 2.30. The van der Waals surface area contributed by atoms with Crippen LogP contribution in [-0.2, 0) is 17.6 Å². The number of carboxylic acid groups (broad SMARTS) is 1. The molecule has 0 atom stereocenters. The number of aliphatic carboxylic acids is 1. The molecule has 0 amide bonds. The third kappa shape index (κ3) is 3.86. The Labute approximate surface area is 102 Å². The normalized spacial score (nSPS) is 16.9. The van der Waals surface area contributed by atoms with Crippen molar-refractivity contribution in [2.75, 3.05) is 13.1 Å². The van der Waals surface area contributed by atoms with Crippen molar-refractivity contribution in [3.8, 4) is 0 Å². The second kappa shape index (κ2) is 5.82. The highest BCUT2D eigenvalue weighted by Gasteiger charge is 2.13. The van der Waals surface area contributed by atoms with Crippen molar-refractivity contribution in [3.63, 3.8) is 0 Å². The van der Waals surface area contributed by atoms with Gasteiger partial charge in [-0.2, -0.15) is 0 Å². The van der Waals surface area contributed by atoms with Gasteiger partial charge in [-0.25, -0.2) is 0 Å². The van der Waals surface area contributed by atoms with Gasteiger partial charge in [-0.15, -0.1) is 0 Å². The van der Waals surface area contributed by atoms with E-state index in [9.17, 15) is 4.79 Å². The van der Waals surface area contributed by atoms with Gasteiger partial charge in [0.05, 0.1) is 6.42 Å². The van der Waals surface area contributed by atoms with Crippen LogP contribution in [0.4, 0.5) is 0 Å². The molecule has 3 heteroatoms. The van der Waals surface area contributed by atoms with E-state index in [0.29, 0.717) is 0 Å². The van der Waals surface area contributed by atoms with Gasteiger partial charge < -0.3 is 10.4 Å². The van der Waals surface area contributed by atoms with Crippen LogP contribution in [-0.4, -0.2) is 24.2 Å². The van der Waals surface area contributed by atoms with Crippen molar-refractivity contribution in [1.82, 2.24) is 5.32 Å². The maximum Gasteiger partial charge on any atom is 0.307 e. The highest BCUT2D eigenvalue weighted by Crippen LogP contribution is 2.18. The van der Waals surface area contributed by atoms with E-state index in [1.54, 1.807) is 0 Å². The Bertz CT molecular complexity index is 384. The van der Waals surface area contributed by atoms with Crippen molar-refractivity contribution in [2.24, 2.45) is 5.92 Å².